The van der Waals surface area contributed by atoms with Crippen LogP contribution in [0.15, 0.2) is 29.2 Å². The van der Waals surface area contributed by atoms with Crippen LogP contribution in [0.5, 0.6) is 0 Å². The Kier molecular flexibility index (Phi) is 2.85. The lowest BCUT2D eigenvalue weighted by Gasteiger charge is -2.06. The first kappa shape index (κ1) is 12.2. The highest BCUT2D eigenvalue weighted by Crippen LogP contribution is 2.26. The third-order valence-electron chi connectivity index (χ3n) is 2.10. The Balaban J connectivity index is 2.48. The normalized spacial score (nSPS) is 11.6. The second kappa shape index (κ2) is 4.21. The summed E-state index contributed by atoms with van der Waals surface area (Å²) >= 11 is 0. The third kappa shape index (κ3) is 2.36. The van der Waals surface area contributed by atoms with E-state index in [-0.39, 0.29) is 11.3 Å². The van der Waals surface area contributed by atoms with E-state index >= 15 is 0 Å². The molecule has 1 N–H and O–H groups in total. The van der Waals surface area contributed by atoms with Gasteiger partial charge in [0.2, 0.25) is 11.4 Å². The van der Waals surface area contributed by atoms with Crippen molar-refractivity contribution in [2.75, 3.05) is 0 Å². The molecule has 0 fully saturated rings. The summed E-state index contributed by atoms with van der Waals surface area (Å²) in [4.78, 5) is 14.8. The summed E-state index contributed by atoms with van der Waals surface area (Å²) in [5.41, 5.74) is -2.29. The molecule has 0 unspecified atom stereocenters. The van der Waals surface area contributed by atoms with Gasteiger partial charge in [-0.1, -0.05) is 0 Å². The van der Waals surface area contributed by atoms with Crippen LogP contribution < -0.4 is 5.43 Å². The van der Waals surface area contributed by atoms with E-state index < -0.39 is 23.2 Å². The van der Waals surface area contributed by atoms with Gasteiger partial charge in [-0.2, -0.15) is 22.7 Å². The molecule has 0 aliphatic carbocycles. The van der Waals surface area contributed by atoms with Gasteiger partial charge in [-0.05, 0) is 12.1 Å². The Morgan fingerprint density at radius 1 is 1.22 bits per heavy atom. The van der Waals surface area contributed by atoms with Crippen LogP contribution in [0.25, 0.3) is 11.3 Å². The minimum absolute atomic E-state index is 0.131. The average Bonchev–Trinajstić information content (AvgIpc) is 2.29. The molecule has 0 radical (unpaired) electrons. The summed E-state index contributed by atoms with van der Waals surface area (Å²) in [6, 6.07) is 2.58. The number of halogens is 4. The van der Waals surface area contributed by atoms with E-state index in [1.807, 2.05) is 0 Å². The molecule has 2 aromatic heterocycles. The Morgan fingerprint density at radius 3 is 2.44 bits per heavy atom. The quantitative estimate of drug-likeness (QED) is 0.629. The van der Waals surface area contributed by atoms with Gasteiger partial charge in [-0.3, -0.25) is 9.89 Å². The molecule has 2 aromatic rings. The zero-order chi connectivity index (χ0) is 13.3. The number of alkyl halides is 3. The van der Waals surface area contributed by atoms with E-state index in [0.717, 1.165) is 12.3 Å². The van der Waals surface area contributed by atoms with E-state index in [1.165, 1.54) is 6.07 Å². The van der Waals surface area contributed by atoms with Crippen LogP contribution >= 0.6 is 0 Å². The topological polar surface area (TPSA) is 58.6 Å². The largest absolute Gasteiger partial charge is 0.432 e. The van der Waals surface area contributed by atoms with E-state index in [9.17, 15) is 22.4 Å². The van der Waals surface area contributed by atoms with Crippen molar-refractivity contribution in [1.82, 2.24) is 15.2 Å². The predicted molar refractivity (Wildman–Crippen MR) is 53.0 cm³/mol. The number of pyridine rings is 1. The van der Waals surface area contributed by atoms with Crippen molar-refractivity contribution in [3.05, 3.63) is 46.3 Å². The minimum Gasteiger partial charge on any atom is -0.287 e. The molecular weight excluding hydrogens is 254 g/mol. The molecule has 0 saturated heterocycles. The fourth-order valence-electron chi connectivity index (χ4n) is 1.27. The zero-order valence-corrected chi connectivity index (χ0v) is 8.62. The van der Waals surface area contributed by atoms with Crippen LogP contribution in [-0.4, -0.2) is 15.2 Å². The standard InChI is InChI=1S/C10H5F4N3O/c11-8-2-1-5(4-15-8)9-6(18)3-7(16-17-9)10(12,13)14/h1-4H,(H,16,18). The molecule has 94 valence electrons. The number of hydrogen-bond donors (Lipinski definition) is 1. The van der Waals surface area contributed by atoms with Crippen molar-refractivity contribution < 1.29 is 17.6 Å². The second-order valence-electron chi connectivity index (χ2n) is 3.36. The van der Waals surface area contributed by atoms with Crippen molar-refractivity contribution in [2.24, 2.45) is 0 Å². The molecule has 18 heavy (non-hydrogen) atoms. The smallest absolute Gasteiger partial charge is 0.287 e. The highest BCUT2D eigenvalue weighted by atomic mass is 19.4. The lowest BCUT2D eigenvalue weighted by molar-refractivity contribution is -0.141. The van der Waals surface area contributed by atoms with Gasteiger partial charge in [0.25, 0.3) is 0 Å². The summed E-state index contributed by atoms with van der Waals surface area (Å²) in [5.74, 6) is -0.762. The van der Waals surface area contributed by atoms with Crippen LogP contribution in [0.4, 0.5) is 17.6 Å². The number of aromatic amines is 1. The molecule has 0 bridgehead atoms. The number of nitrogens with zero attached hydrogens (tertiary/aromatic N) is 2. The van der Waals surface area contributed by atoms with Crippen molar-refractivity contribution in [1.29, 1.82) is 0 Å². The summed E-state index contributed by atoms with van der Waals surface area (Å²) in [7, 11) is 0. The number of nitrogens with one attached hydrogen (secondary N) is 1. The molecule has 0 spiro atoms. The Morgan fingerprint density at radius 2 is 1.94 bits per heavy atom. The van der Waals surface area contributed by atoms with Crippen LogP contribution in [0.3, 0.4) is 0 Å². The summed E-state index contributed by atoms with van der Waals surface area (Å²) < 4.78 is 49.4. The summed E-state index contributed by atoms with van der Waals surface area (Å²) in [6.07, 6.45) is -3.66. The van der Waals surface area contributed by atoms with Gasteiger partial charge in [0.15, 0.2) is 0 Å². The van der Waals surface area contributed by atoms with Gasteiger partial charge in [-0.15, -0.1) is 0 Å². The van der Waals surface area contributed by atoms with E-state index in [1.54, 1.807) is 5.10 Å². The van der Waals surface area contributed by atoms with E-state index in [4.69, 9.17) is 0 Å². The molecular formula is C10H5F4N3O. The van der Waals surface area contributed by atoms with Crippen LogP contribution in [0.2, 0.25) is 0 Å². The van der Waals surface area contributed by atoms with Crippen molar-refractivity contribution in [2.45, 2.75) is 6.18 Å². The SMILES string of the molecule is O=c1cc(C(F)(F)F)[nH]nc1-c1ccc(F)nc1. The highest BCUT2D eigenvalue weighted by molar-refractivity contribution is 5.56. The van der Waals surface area contributed by atoms with Crippen LogP contribution in [0.1, 0.15) is 5.69 Å². The summed E-state index contributed by atoms with van der Waals surface area (Å²) in [5, 5.41) is 5.06. The molecule has 0 aromatic carbocycles. The number of aromatic nitrogens is 3. The molecule has 0 amide bonds. The molecule has 0 aliphatic rings. The van der Waals surface area contributed by atoms with Crippen LogP contribution in [0, 0.1) is 5.95 Å². The second-order valence-corrected chi connectivity index (χ2v) is 3.36. The molecule has 2 heterocycles. The first-order valence-electron chi connectivity index (χ1n) is 4.67. The lowest BCUT2D eigenvalue weighted by Crippen LogP contribution is -2.16. The maximum Gasteiger partial charge on any atom is 0.432 e. The molecule has 0 saturated carbocycles. The van der Waals surface area contributed by atoms with Crippen LogP contribution in [-0.2, 0) is 6.18 Å². The lowest BCUT2D eigenvalue weighted by atomic mass is 10.2. The molecule has 4 nitrogen and oxygen atoms in total. The monoisotopic (exact) mass is 259 g/mol. The van der Waals surface area contributed by atoms with E-state index in [2.05, 4.69) is 10.1 Å². The summed E-state index contributed by atoms with van der Waals surface area (Å²) in [6.45, 7) is 0. The zero-order valence-electron chi connectivity index (χ0n) is 8.62. The van der Waals surface area contributed by atoms with Gasteiger partial charge in [-0.25, -0.2) is 4.98 Å². The maximum absolute atomic E-state index is 12.6. The molecule has 2 rings (SSSR count). The molecule has 8 heteroatoms. The molecule has 0 aliphatic heterocycles. The predicted octanol–water partition coefficient (Wildman–Crippen LogP) is 1.99. The van der Waals surface area contributed by atoms with Gasteiger partial charge < -0.3 is 0 Å². The van der Waals surface area contributed by atoms with Gasteiger partial charge in [0, 0.05) is 17.8 Å². The fourth-order valence-corrected chi connectivity index (χ4v) is 1.27. The number of rotatable bonds is 1. The van der Waals surface area contributed by atoms with Gasteiger partial charge in [0.1, 0.15) is 11.4 Å². The van der Waals surface area contributed by atoms with Crippen molar-refractivity contribution in [3.63, 3.8) is 0 Å². The minimum atomic E-state index is -4.67. The maximum atomic E-state index is 12.6. The first-order valence-corrected chi connectivity index (χ1v) is 4.67. The van der Waals surface area contributed by atoms with Gasteiger partial charge >= 0.3 is 6.18 Å². The molecule has 0 atom stereocenters. The van der Waals surface area contributed by atoms with Crippen molar-refractivity contribution in [3.8, 4) is 11.3 Å². The van der Waals surface area contributed by atoms with Gasteiger partial charge in [0.05, 0.1) is 0 Å². The van der Waals surface area contributed by atoms with E-state index in [0.29, 0.717) is 6.07 Å². The average molecular weight is 259 g/mol. The fraction of sp³-hybridized carbons (Fsp3) is 0.100. The Hall–Kier alpha value is -2.25. The number of H-pyrrole nitrogens is 1. The third-order valence-corrected chi connectivity index (χ3v) is 2.10. The Bertz CT molecular complexity index is 618. The first-order chi connectivity index (χ1) is 8.38. The van der Waals surface area contributed by atoms with Crippen molar-refractivity contribution >= 4 is 0 Å². The highest BCUT2D eigenvalue weighted by Gasteiger charge is 2.32. The Labute approximate surface area is 97.3 Å². The number of hydrogen-bond acceptors (Lipinski definition) is 3.